The second-order valence-electron chi connectivity index (χ2n) is 5.38. The molecule has 7 heteroatoms. The Hall–Kier alpha value is -2.54. The van der Waals surface area contributed by atoms with Gasteiger partial charge in [-0.05, 0) is 20.0 Å². The third-order valence-corrected chi connectivity index (χ3v) is 3.69. The van der Waals surface area contributed by atoms with Gasteiger partial charge < -0.3 is 9.67 Å². The molecule has 0 spiro atoms. The average Bonchev–Trinajstić information content (AvgIpc) is 2.85. The monoisotopic (exact) mass is 319 g/mol. The highest BCUT2D eigenvalue weighted by molar-refractivity contribution is 5.94. The second kappa shape index (κ2) is 6.70. The topological polar surface area (TPSA) is 75.4 Å². The fraction of sp³-hybridized carbons (Fsp3) is 0.312. The molecule has 23 heavy (non-hydrogen) atoms. The van der Waals surface area contributed by atoms with Crippen molar-refractivity contribution in [1.82, 2.24) is 14.5 Å². The van der Waals surface area contributed by atoms with Gasteiger partial charge in [0.25, 0.3) is 0 Å². The van der Waals surface area contributed by atoms with Crippen LogP contribution in [0.5, 0.6) is 0 Å². The molecular formula is C16H18FN3O3. The van der Waals surface area contributed by atoms with Crippen molar-refractivity contribution in [2.24, 2.45) is 7.05 Å². The highest BCUT2D eigenvalue weighted by Gasteiger charge is 2.29. The standard InChI is InChI=1S/C16H18FN3O3/c1-10(21)11-5-4-6-12(14(11)17)15(16(22)23)20(3)9-13-18-7-8-19(13)2/h4-8,15H,9H2,1-3H3,(H,22,23)/t15-/m0/s1. The Kier molecular flexibility index (Phi) is 4.90. The van der Waals surface area contributed by atoms with Crippen LogP contribution in [0.2, 0.25) is 0 Å². The summed E-state index contributed by atoms with van der Waals surface area (Å²) in [5.74, 6) is -1.78. The van der Waals surface area contributed by atoms with E-state index in [-0.39, 0.29) is 17.7 Å². The molecule has 0 fully saturated rings. The van der Waals surface area contributed by atoms with Crippen molar-refractivity contribution in [3.8, 4) is 0 Å². The normalized spacial score (nSPS) is 12.4. The number of aromatic nitrogens is 2. The number of carbonyl (C=O) groups is 2. The van der Waals surface area contributed by atoms with Crippen LogP contribution in [0.1, 0.15) is 34.7 Å². The van der Waals surface area contributed by atoms with Gasteiger partial charge in [-0.3, -0.25) is 14.5 Å². The van der Waals surface area contributed by atoms with Gasteiger partial charge in [0, 0.05) is 25.0 Å². The van der Waals surface area contributed by atoms with Crippen LogP contribution in [-0.2, 0) is 18.4 Å². The summed E-state index contributed by atoms with van der Waals surface area (Å²) < 4.78 is 16.3. The van der Waals surface area contributed by atoms with E-state index in [1.54, 1.807) is 31.1 Å². The number of aliphatic carboxylic acids is 1. The maximum absolute atomic E-state index is 14.5. The first-order valence-electron chi connectivity index (χ1n) is 7.01. The molecule has 122 valence electrons. The average molecular weight is 319 g/mol. The predicted octanol–water partition coefficient (Wildman–Crippen LogP) is 2.02. The zero-order valence-corrected chi connectivity index (χ0v) is 13.2. The van der Waals surface area contributed by atoms with Crippen molar-refractivity contribution in [3.63, 3.8) is 0 Å². The summed E-state index contributed by atoms with van der Waals surface area (Å²) in [5, 5.41) is 9.53. The summed E-state index contributed by atoms with van der Waals surface area (Å²) >= 11 is 0. The van der Waals surface area contributed by atoms with Crippen LogP contribution in [0.4, 0.5) is 4.39 Å². The summed E-state index contributed by atoms with van der Waals surface area (Å²) in [4.78, 5) is 28.8. The quantitative estimate of drug-likeness (QED) is 0.825. The Bertz CT molecular complexity index is 742. The lowest BCUT2D eigenvalue weighted by Gasteiger charge is -2.25. The van der Waals surface area contributed by atoms with E-state index < -0.39 is 23.6 Å². The zero-order chi connectivity index (χ0) is 17.1. The first kappa shape index (κ1) is 16.8. The van der Waals surface area contributed by atoms with Crippen molar-refractivity contribution < 1.29 is 19.1 Å². The molecule has 1 aromatic carbocycles. The van der Waals surface area contributed by atoms with Crippen molar-refractivity contribution >= 4 is 11.8 Å². The van der Waals surface area contributed by atoms with E-state index in [9.17, 15) is 19.1 Å². The van der Waals surface area contributed by atoms with E-state index in [1.807, 2.05) is 0 Å². The van der Waals surface area contributed by atoms with E-state index in [0.717, 1.165) is 0 Å². The van der Waals surface area contributed by atoms with E-state index in [2.05, 4.69) is 4.98 Å². The Morgan fingerprint density at radius 3 is 2.65 bits per heavy atom. The molecule has 0 radical (unpaired) electrons. The largest absolute Gasteiger partial charge is 0.480 e. The number of hydrogen-bond donors (Lipinski definition) is 1. The molecule has 1 aromatic heterocycles. The Balaban J connectivity index is 2.39. The lowest BCUT2D eigenvalue weighted by Crippen LogP contribution is -2.32. The molecule has 0 saturated heterocycles. The number of carboxylic acids is 1. The molecule has 0 unspecified atom stereocenters. The summed E-state index contributed by atoms with van der Waals surface area (Å²) in [6, 6.07) is 3.00. The minimum absolute atomic E-state index is 0.0399. The molecule has 2 rings (SSSR count). The van der Waals surface area contributed by atoms with Gasteiger partial charge in [-0.1, -0.05) is 12.1 Å². The van der Waals surface area contributed by atoms with Crippen LogP contribution in [0.15, 0.2) is 30.6 Å². The molecule has 1 heterocycles. The van der Waals surface area contributed by atoms with Gasteiger partial charge >= 0.3 is 5.97 Å². The molecule has 0 amide bonds. The van der Waals surface area contributed by atoms with Crippen LogP contribution >= 0.6 is 0 Å². The number of nitrogens with zero attached hydrogens (tertiary/aromatic N) is 3. The highest BCUT2D eigenvalue weighted by Crippen LogP contribution is 2.26. The number of ketones is 1. The number of rotatable bonds is 6. The van der Waals surface area contributed by atoms with Gasteiger partial charge in [0.05, 0.1) is 12.1 Å². The number of carbonyl (C=O) groups excluding carboxylic acids is 1. The molecule has 0 aliphatic carbocycles. The number of hydrogen-bond acceptors (Lipinski definition) is 4. The van der Waals surface area contributed by atoms with Gasteiger partial charge in [0.1, 0.15) is 17.7 Å². The predicted molar refractivity (Wildman–Crippen MR) is 81.5 cm³/mol. The SMILES string of the molecule is CC(=O)c1cccc([C@@H](C(=O)O)N(C)Cc2nccn2C)c1F. The molecule has 2 aromatic rings. The number of aryl methyl sites for hydroxylation is 1. The van der Waals surface area contributed by atoms with Crippen LogP contribution in [-0.4, -0.2) is 38.4 Å². The molecule has 0 aliphatic heterocycles. The van der Waals surface area contributed by atoms with E-state index in [4.69, 9.17) is 0 Å². The first-order valence-corrected chi connectivity index (χ1v) is 7.01. The van der Waals surface area contributed by atoms with Gasteiger partial charge in [0.2, 0.25) is 0 Å². The lowest BCUT2D eigenvalue weighted by atomic mass is 10.00. The number of imidazole rings is 1. The number of Topliss-reactive ketones (excluding diaryl/α,β-unsaturated/α-hetero) is 1. The Morgan fingerprint density at radius 1 is 1.43 bits per heavy atom. The van der Waals surface area contributed by atoms with Gasteiger partial charge in [-0.2, -0.15) is 0 Å². The maximum atomic E-state index is 14.5. The van der Waals surface area contributed by atoms with Crippen molar-refractivity contribution in [1.29, 1.82) is 0 Å². The van der Waals surface area contributed by atoms with Gasteiger partial charge in [-0.15, -0.1) is 0 Å². The molecule has 6 nitrogen and oxygen atoms in total. The zero-order valence-electron chi connectivity index (χ0n) is 13.2. The van der Waals surface area contributed by atoms with Crippen molar-refractivity contribution in [3.05, 3.63) is 53.4 Å². The van der Waals surface area contributed by atoms with E-state index in [0.29, 0.717) is 5.82 Å². The van der Waals surface area contributed by atoms with Gasteiger partial charge in [-0.25, -0.2) is 9.37 Å². The smallest absolute Gasteiger partial charge is 0.325 e. The molecule has 0 aliphatic rings. The molecular weight excluding hydrogens is 301 g/mol. The van der Waals surface area contributed by atoms with Crippen molar-refractivity contribution in [2.45, 2.75) is 19.5 Å². The summed E-state index contributed by atoms with van der Waals surface area (Å²) in [7, 11) is 3.37. The van der Waals surface area contributed by atoms with Crippen LogP contribution in [0.3, 0.4) is 0 Å². The maximum Gasteiger partial charge on any atom is 0.325 e. The van der Waals surface area contributed by atoms with Crippen LogP contribution in [0, 0.1) is 5.82 Å². The minimum Gasteiger partial charge on any atom is -0.480 e. The van der Waals surface area contributed by atoms with E-state index >= 15 is 0 Å². The number of likely N-dealkylation sites (N-methyl/N-ethyl adjacent to an activating group) is 1. The van der Waals surface area contributed by atoms with E-state index in [1.165, 1.54) is 30.0 Å². The minimum atomic E-state index is -1.22. The number of halogens is 1. The number of benzene rings is 1. The summed E-state index contributed by atoms with van der Waals surface area (Å²) in [6.45, 7) is 1.47. The summed E-state index contributed by atoms with van der Waals surface area (Å²) in [5.41, 5.74) is -0.152. The second-order valence-corrected chi connectivity index (χ2v) is 5.38. The molecule has 0 saturated carbocycles. The molecule has 1 atom stereocenters. The Labute approximate surface area is 133 Å². The third-order valence-electron chi connectivity index (χ3n) is 3.69. The first-order chi connectivity index (χ1) is 10.8. The van der Waals surface area contributed by atoms with Crippen molar-refractivity contribution in [2.75, 3.05) is 7.05 Å². The van der Waals surface area contributed by atoms with Crippen LogP contribution < -0.4 is 0 Å². The molecule has 0 bridgehead atoms. The summed E-state index contributed by atoms with van der Waals surface area (Å²) in [6.07, 6.45) is 3.35. The fourth-order valence-electron chi connectivity index (χ4n) is 2.46. The highest BCUT2D eigenvalue weighted by atomic mass is 19.1. The fourth-order valence-corrected chi connectivity index (χ4v) is 2.46. The lowest BCUT2D eigenvalue weighted by molar-refractivity contribution is -0.143. The van der Waals surface area contributed by atoms with Crippen LogP contribution in [0.25, 0.3) is 0 Å². The molecule has 1 N–H and O–H groups in total. The number of carboxylic acid groups (broad SMARTS) is 1. The van der Waals surface area contributed by atoms with Gasteiger partial charge in [0.15, 0.2) is 5.78 Å². The Morgan fingerprint density at radius 2 is 2.13 bits per heavy atom. The third kappa shape index (κ3) is 3.45.